The second-order valence-electron chi connectivity index (χ2n) is 8.74. The summed E-state index contributed by atoms with van der Waals surface area (Å²) in [5.74, 6) is -0.406. The third-order valence-electron chi connectivity index (χ3n) is 4.16. The fourth-order valence-corrected chi connectivity index (χ4v) is 2.77. The molecule has 2 amide bonds. The number of aromatic hydroxyl groups is 1. The van der Waals surface area contributed by atoms with Crippen molar-refractivity contribution in [3.63, 3.8) is 0 Å². The van der Waals surface area contributed by atoms with Crippen molar-refractivity contribution in [2.75, 3.05) is 0 Å². The lowest BCUT2D eigenvalue weighted by Crippen LogP contribution is -2.48. The van der Waals surface area contributed by atoms with Crippen molar-refractivity contribution in [2.45, 2.75) is 65.2 Å². The molecule has 0 aromatic heterocycles. The maximum absolute atomic E-state index is 12.1. The maximum atomic E-state index is 12.1. The zero-order chi connectivity index (χ0) is 21.7. The maximum Gasteiger partial charge on any atom is 0.249 e. The molecule has 28 heavy (non-hydrogen) atoms. The minimum Gasteiger partial charge on any atom is -0.507 e. The van der Waals surface area contributed by atoms with Crippen molar-refractivity contribution in [3.05, 3.63) is 41.5 Å². The number of hydrogen-bond acceptors (Lipinski definition) is 4. The third kappa shape index (κ3) is 6.96. The summed E-state index contributed by atoms with van der Waals surface area (Å²) in [7, 11) is 0. The van der Waals surface area contributed by atoms with Gasteiger partial charge in [0.2, 0.25) is 11.8 Å². The van der Waals surface area contributed by atoms with Gasteiger partial charge in [0, 0.05) is 6.42 Å². The minimum atomic E-state index is -0.458. The van der Waals surface area contributed by atoms with Crippen LogP contribution in [0.15, 0.2) is 24.8 Å². The highest BCUT2D eigenvalue weighted by Crippen LogP contribution is 2.39. The smallest absolute Gasteiger partial charge is 0.249 e. The average Bonchev–Trinajstić information content (AvgIpc) is 2.56. The predicted octanol–water partition coefficient (Wildman–Crippen LogP) is 3.13. The lowest BCUT2D eigenvalue weighted by atomic mass is 9.78. The second kappa shape index (κ2) is 9.19. The predicted molar refractivity (Wildman–Crippen MR) is 116 cm³/mol. The van der Waals surface area contributed by atoms with Gasteiger partial charge in [0.15, 0.2) is 5.11 Å². The second-order valence-corrected chi connectivity index (χ2v) is 9.14. The molecule has 1 aromatic rings. The molecule has 0 bridgehead atoms. The van der Waals surface area contributed by atoms with Crippen LogP contribution in [0.25, 0.3) is 0 Å². The van der Waals surface area contributed by atoms with Gasteiger partial charge in [0.05, 0.1) is 0 Å². The topological polar surface area (TPSA) is 90.5 Å². The molecule has 0 heterocycles. The number of hydrazine groups is 1. The fourth-order valence-electron chi connectivity index (χ4n) is 2.62. The van der Waals surface area contributed by atoms with Crippen LogP contribution in [-0.2, 0) is 26.8 Å². The number of phenolic OH excluding ortho intramolecular Hbond substituents is 1. The van der Waals surface area contributed by atoms with Crippen LogP contribution in [0.2, 0.25) is 0 Å². The van der Waals surface area contributed by atoms with E-state index in [1.807, 2.05) is 53.7 Å². The number of aryl methyl sites for hydroxylation is 1. The number of carbonyl (C=O) groups excluding carboxylic acids is 2. The van der Waals surface area contributed by atoms with Gasteiger partial charge in [0.1, 0.15) is 5.75 Å². The number of rotatable bonds is 4. The molecule has 0 saturated carbocycles. The van der Waals surface area contributed by atoms with E-state index in [1.54, 1.807) is 0 Å². The number of amides is 2. The van der Waals surface area contributed by atoms with Gasteiger partial charge in [-0.1, -0.05) is 60.3 Å². The summed E-state index contributed by atoms with van der Waals surface area (Å²) < 4.78 is 0. The molecule has 4 N–H and O–H groups in total. The summed E-state index contributed by atoms with van der Waals surface area (Å²) in [4.78, 5) is 23.2. The van der Waals surface area contributed by atoms with E-state index in [1.165, 1.54) is 0 Å². The first-order chi connectivity index (χ1) is 12.8. The molecular weight excluding hydrogens is 374 g/mol. The van der Waals surface area contributed by atoms with E-state index in [0.717, 1.165) is 22.8 Å². The summed E-state index contributed by atoms with van der Waals surface area (Å²) in [6, 6.07) is 3.92. The Morgan fingerprint density at radius 3 is 2.00 bits per heavy atom. The Hall–Kier alpha value is -2.41. The zero-order valence-corrected chi connectivity index (χ0v) is 18.3. The Bertz CT molecular complexity index is 739. The van der Waals surface area contributed by atoms with Crippen LogP contribution in [0.3, 0.4) is 0 Å². The van der Waals surface area contributed by atoms with E-state index in [9.17, 15) is 14.7 Å². The molecule has 0 aliphatic rings. The Balaban J connectivity index is 2.86. The molecule has 0 unspecified atom stereocenters. The summed E-state index contributed by atoms with van der Waals surface area (Å²) in [6.45, 7) is 15.6. The van der Waals surface area contributed by atoms with Crippen molar-refractivity contribution in [1.29, 1.82) is 0 Å². The van der Waals surface area contributed by atoms with Crippen LogP contribution in [0.4, 0.5) is 0 Å². The summed E-state index contributed by atoms with van der Waals surface area (Å²) >= 11 is 4.89. The Morgan fingerprint density at radius 2 is 1.57 bits per heavy atom. The van der Waals surface area contributed by atoms with Gasteiger partial charge in [-0.15, -0.1) is 0 Å². The van der Waals surface area contributed by atoms with Crippen LogP contribution in [0, 0.1) is 0 Å². The lowest BCUT2D eigenvalue weighted by Gasteiger charge is -2.28. The number of carbonyl (C=O) groups is 2. The van der Waals surface area contributed by atoms with Crippen molar-refractivity contribution in [3.8, 4) is 5.75 Å². The molecule has 7 heteroatoms. The third-order valence-corrected chi connectivity index (χ3v) is 4.37. The van der Waals surface area contributed by atoms with Crippen LogP contribution < -0.4 is 16.2 Å². The van der Waals surface area contributed by atoms with Gasteiger partial charge >= 0.3 is 0 Å². The van der Waals surface area contributed by atoms with Gasteiger partial charge < -0.3 is 5.11 Å². The van der Waals surface area contributed by atoms with Crippen molar-refractivity contribution in [1.82, 2.24) is 16.2 Å². The van der Waals surface area contributed by atoms with Gasteiger partial charge in [0.25, 0.3) is 0 Å². The van der Waals surface area contributed by atoms with E-state index in [-0.39, 0.29) is 28.3 Å². The van der Waals surface area contributed by atoms with Crippen molar-refractivity contribution < 1.29 is 14.7 Å². The summed E-state index contributed by atoms with van der Waals surface area (Å²) in [6.07, 6.45) is 1.81. The van der Waals surface area contributed by atoms with Gasteiger partial charge in [-0.05, 0) is 52.2 Å². The zero-order valence-electron chi connectivity index (χ0n) is 17.5. The van der Waals surface area contributed by atoms with Crippen LogP contribution in [-0.4, -0.2) is 22.0 Å². The number of hydrogen-bond donors (Lipinski definition) is 4. The van der Waals surface area contributed by atoms with E-state index < -0.39 is 5.91 Å². The highest BCUT2D eigenvalue weighted by molar-refractivity contribution is 7.80. The quantitative estimate of drug-likeness (QED) is 0.351. The number of thiocarbonyl (C=S) groups is 1. The Labute approximate surface area is 172 Å². The molecule has 0 spiro atoms. The molecule has 1 rings (SSSR count). The van der Waals surface area contributed by atoms with Crippen LogP contribution in [0.5, 0.6) is 5.75 Å². The van der Waals surface area contributed by atoms with Gasteiger partial charge in [-0.25, -0.2) is 0 Å². The Kier molecular flexibility index (Phi) is 7.75. The summed E-state index contributed by atoms with van der Waals surface area (Å²) in [5, 5.41) is 13.1. The average molecular weight is 406 g/mol. The van der Waals surface area contributed by atoms with E-state index in [4.69, 9.17) is 12.2 Å². The van der Waals surface area contributed by atoms with Crippen LogP contribution >= 0.6 is 12.2 Å². The van der Waals surface area contributed by atoms with E-state index >= 15 is 0 Å². The molecule has 6 nitrogen and oxygen atoms in total. The van der Waals surface area contributed by atoms with Crippen LogP contribution in [0.1, 0.15) is 64.7 Å². The number of nitrogens with one attached hydrogen (secondary N) is 3. The van der Waals surface area contributed by atoms with Gasteiger partial charge in [-0.2, -0.15) is 0 Å². The fraction of sp³-hybridized carbons (Fsp3) is 0.476. The molecule has 1 aromatic carbocycles. The molecule has 0 radical (unpaired) electrons. The Morgan fingerprint density at radius 1 is 1.07 bits per heavy atom. The summed E-state index contributed by atoms with van der Waals surface area (Å²) in [5.41, 5.74) is 7.19. The van der Waals surface area contributed by atoms with E-state index in [2.05, 4.69) is 22.7 Å². The molecule has 0 saturated heterocycles. The molecule has 0 aliphatic carbocycles. The highest BCUT2D eigenvalue weighted by atomic mass is 32.1. The largest absolute Gasteiger partial charge is 0.507 e. The number of benzene rings is 1. The first kappa shape index (κ1) is 23.6. The first-order valence-corrected chi connectivity index (χ1v) is 9.55. The lowest BCUT2D eigenvalue weighted by molar-refractivity contribution is -0.121. The standard InChI is InChI=1S/C21H31N3O3S/c1-8-16(25)22-19(28)24-23-17(26)10-9-13-11-14(20(2,3)4)18(27)15(12-13)21(5,6)7/h8,11-12,27H,1,9-10H2,2-7H3,(H,23,26)(H2,22,24,25,28). The van der Waals surface area contributed by atoms with Gasteiger partial charge in [-0.3, -0.25) is 25.8 Å². The molecule has 0 atom stereocenters. The minimum absolute atomic E-state index is 0.00655. The van der Waals surface area contributed by atoms with Crippen molar-refractivity contribution in [2.24, 2.45) is 0 Å². The SMILES string of the molecule is C=CC(=O)NC(=S)NNC(=O)CCc1cc(C(C)(C)C)c(O)c(C(C)(C)C)c1. The first-order valence-electron chi connectivity index (χ1n) is 9.14. The number of phenols is 1. The molecule has 0 aliphatic heterocycles. The molecule has 154 valence electrons. The van der Waals surface area contributed by atoms with E-state index in [0.29, 0.717) is 12.2 Å². The molecular formula is C21H31N3O3S. The normalized spacial score (nSPS) is 11.5. The monoisotopic (exact) mass is 405 g/mol. The van der Waals surface area contributed by atoms with Crippen molar-refractivity contribution >= 4 is 29.1 Å². The highest BCUT2D eigenvalue weighted by Gasteiger charge is 2.26. The molecule has 0 fully saturated rings.